The van der Waals surface area contributed by atoms with Gasteiger partial charge >= 0.3 is 5.97 Å². The van der Waals surface area contributed by atoms with Crippen LogP contribution < -0.4 is 5.32 Å². The van der Waals surface area contributed by atoms with Crippen LogP contribution in [0.1, 0.15) is 502 Å². The van der Waals surface area contributed by atoms with E-state index in [4.69, 9.17) is 4.74 Å². The van der Waals surface area contributed by atoms with Crippen molar-refractivity contribution in [2.75, 3.05) is 13.2 Å². The number of amides is 1. The van der Waals surface area contributed by atoms with Crippen molar-refractivity contribution in [2.45, 2.75) is 514 Å². The molecule has 1 amide bonds. The van der Waals surface area contributed by atoms with E-state index in [9.17, 15) is 19.8 Å². The summed E-state index contributed by atoms with van der Waals surface area (Å²) >= 11 is 0. The normalized spacial score (nSPS) is 12.5. The lowest BCUT2D eigenvalue weighted by atomic mass is 10.0. The second-order valence-corrected chi connectivity index (χ2v) is 30.2. The van der Waals surface area contributed by atoms with E-state index < -0.39 is 12.1 Å². The second-order valence-electron chi connectivity index (χ2n) is 30.2. The molecule has 0 aromatic rings. The van der Waals surface area contributed by atoms with E-state index in [2.05, 4.69) is 43.5 Å². The molecule has 0 fully saturated rings. The summed E-state index contributed by atoms with van der Waals surface area (Å²) in [4.78, 5) is 24.7. The maximum atomic E-state index is 12.6. The highest BCUT2D eigenvalue weighted by Gasteiger charge is 2.20. The number of carbonyl (C=O) groups excluding carboxylic acids is 2. The van der Waals surface area contributed by atoms with Gasteiger partial charge in [0.05, 0.1) is 25.4 Å². The predicted molar refractivity (Wildman–Crippen MR) is 417 cm³/mol. The molecule has 0 aliphatic carbocycles. The summed E-state index contributed by atoms with van der Waals surface area (Å²) in [5.74, 6) is -0.00202. The van der Waals surface area contributed by atoms with Crippen LogP contribution in [0.15, 0.2) is 24.3 Å². The van der Waals surface area contributed by atoms with Gasteiger partial charge in [0.1, 0.15) is 0 Å². The topological polar surface area (TPSA) is 95.9 Å². The highest BCUT2D eigenvalue weighted by atomic mass is 16.5. The van der Waals surface area contributed by atoms with Crippen molar-refractivity contribution in [3.05, 3.63) is 24.3 Å². The zero-order chi connectivity index (χ0) is 67.7. The Morgan fingerprint density at radius 3 is 0.755 bits per heavy atom. The van der Waals surface area contributed by atoms with Crippen LogP contribution in [0.2, 0.25) is 0 Å². The van der Waals surface area contributed by atoms with Crippen LogP contribution in [0.4, 0.5) is 0 Å². The average molecular weight is 1320 g/mol. The van der Waals surface area contributed by atoms with Crippen LogP contribution >= 0.6 is 0 Å². The molecule has 94 heavy (non-hydrogen) atoms. The first-order valence-electron chi connectivity index (χ1n) is 43.6. The molecule has 3 N–H and O–H groups in total. The largest absolute Gasteiger partial charge is 0.466 e. The third-order valence-electron chi connectivity index (χ3n) is 20.7. The van der Waals surface area contributed by atoms with Gasteiger partial charge in [-0.1, -0.05) is 436 Å². The molecule has 2 atom stereocenters. The molecule has 0 saturated heterocycles. The molecule has 0 saturated carbocycles. The first-order chi connectivity index (χ1) is 46.5. The number of unbranched alkanes of at least 4 members (excludes halogenated alkanes) is 68. The van der Waals surface area contributed by atoms with Crippen molar-refractivity contribution in [1.29, 1.82) is 0 Å². The van der Waals surface area contributed by atoms with Gasteiger partial charge in [-0.15, -0.1) is 0 Å². The van der Waals surface area contributed by atoms with Crippen LogP contribution in [0.3, 0.4) is 0 Å². The van der Waals surface area contributed by atoms with Gasteiger partial charge in [-0.25, -0.2) is 0 Å². The summed E-state index contributed by atoms with van der Waals surface area (Å²) in [5, 5.41) is 23.4. The van der Waals surface area contributed by atoms with E-state index in [1.54, 1.807) is 0 Å². The SMILES string of the molecule is CCCCCCCC/C=C\CCCCCCCCCCCC(=O)OCCCCCCCCCCCCCCCCCCCC/C=C\CCCCCCCCCCCCCCCCCCCC(=O)NC(CO)C(O)CCCCCCCCCCCCCCCCCCCCC. The molecule has 6 heteroatoms. The number of hydrogen-bond donors (Lipinski definition) is 3. The number of allylic oxidation sites excluding steroid dienone is 4. The Morgan fingerprint density at radius 1 is 0.287 bits per heavy atom. The molecule has 0 spiro atoms. The van der Waals surface area contributed by atoms with Gasteiger partial charge in [-0.05, 0) is 77.0 Å². The second kappa shape index (κ2) is 83.8. The van der Waals surface area contributed by atoms with E-state index in [0.29, 0.717) is 25.9 Å². The number of nitrogens with one attached hydrogen (secondary N) is 1. The predicted octanol–water partition coefficient (Wildman–Crippen LogP) is 29.2. The first kappa shape index (κ1) is 92.3. The summed E-state index contributed by atoms with van der Waals surface area (Å²) < 4.78 is 5.52. The Kier molecular flexibility index (Phi) is 82.3. The number of hydrogen-bond acceptors (Lipinski definition) is 5. The Balaban J connectivity index is 3.31. The van der Waals surface area contributed by atoms with Crippen LogP contribution in [-0.2, 0) is 14.3 Å². The number of aliphatic hydroxyl groups excluding tert-OH is 2. The molecule has 0 rings (SSSR count). The standard InChI is InChI=1S/C88H171NO5/c1-3-5-7-9-11-13-15-17-19-21-44-48-52-56-60-64-68-72-76-80-86(91)85(84-90)89-87(92)81-77-73-69-65-61-57-53-49-46-42-40-38-36-34-32-30-28-26-24-23-25-27-29-31-33-35-37-39-41-43-47-51-55-59-63-67-71-75-79-83-94-88(93)82-78-74-70-66-62-58-54-50-45-22-20-18-16-14-12-10-8-6-4-2/h18,20,23-24,85-86,90-91H,3-17,19,21-22,25-84H2,1-2H3,(H,89,92)/b20-18-,24-23-. The van der Waals surface area contributed by atoms with Crippen molar-refractivity contribution in [3.63, 3.8) is 0 Å². The van der Waals surface area contributed by atoms with Crippen molar-refractivity contribution in [1.82, 2.24) is 5.32 Å². The van der Waals surface area contributed by atoms with Gasteiger partial charge in [0.25, 0.3) is 0 Å². The minimum atomic E-state index is -0.662. The Labute approximate surface area is 590 Å². The minimum Gasteiger partial charge on any atom is -0.466 e. The van der Waals surface area contributed by atoms with Gasteiger partial charge in [-0.3, -0.25) is 9.59 Å². The number of esters is 1. The van der Waals surface area contributed by atoms with Crippen LogP contribution in [0.25, 0.3) is 0 Å². The fourth-order valence-electron chi connectivity index (χ4n) is 14.1. The number of carbonyl (C=O) groups is 2. The van der Waals surface area contributed by atoms with Crippen molar-refractivity contribution >= 4 is 11.9 Å². The summed E-state index contributed by atoms with van der Waals surface area (Å²) in [7, 11) is 0. The van der Waals surface area contributed by atoms with E-state index in [-0.39, 0.29) is 18.5 Å². The van der Waals surface area contributed by atoms with Gasteiger partial charge in [0.2, 0.25) is 5.91 Å². The molecule has 2 unspecified atom stereocenters. The van der Waals surface area contributed by atoms with Crippen LogP contribution in [-0.4, -0.2) is 47.4 Å². The lowest BCUT2D eigenvalue weighted by Crippen LogP contribution is -2.45. The zero-order valence-corrected chi connectivity index (χ0v) is 64.2. The van der Waals surface area contributed by atoms with Crippen LogP contribution in [0.5, 0.6) is 0 Å². The molecule has 0 aromatic heterocycles. The fraction of sp³-hybridized carbons (Fsp3) is 0.932. The molecule has 0 radical (unpaired) electrons. The first-order valence-corrected chi connectivity index (χ1v) is 43.6. The smallest absolute Gasteiger partial charge is 0.305 e. The maximum Gasteiger partial charge on any atom is 0.305 e. The number of ether oxygens (including phenoxy) is 1. The molecule has 0 aliphatic rings. The van der Waals surface area contributed by atoms with Crippen molar-refractivity contribution < 1.29 is 24.5 Å². The van der Waals surface area contributed by atoms with Gasteiger partial charge < -0.3 is 20.3 Å². The third kappa shape index (κ3) is 79.3. The van der Waals surface area contributed by atoms with Crippen LogP contribution in [0, 0.1) is 0 Å². The van der Waals surface area contributed by atoms with Crippen molar-refractivity contribution in [2.24, 2.45) is 0 Å². The van der Waals surface area contributed by atoms with E-state index in [1.165, 1.54) is 430 Å². The number of rotatable bonds is 83. The monoisotopic (exact) mass is 1320 g/mol. The summed E-state index contributed by atoms with van der Waals surface area (Å²) in [6.07, 6.45) is 109. The summed E-state index contributed by atoms with van der Waals surface area (Å²) in [6, 6.07) is -0.539. The maximum absolute atomic E-state index is 12.6. The van der Waals surface area contributed by atoms with E-state index in [1.807, 2.05) is 0 Å². The molecular formula is C88H171NO5. The third-order valence-corrected chi connectivity index (χ3v) is 20.7. The fourth-order valence-corrected chi connectivity index (χ4v) is 14.1. The average Bonchev–Trinajstić information content (AvgIpc) is 3.79. The quantitative estimate of drug-likeness (QED) is 0.0320. The summed E-state index contributed by atoms with van der Waals surface area (Å²) in [6.45, 7) is 5.01. The highest BCUT2D eigenvalue weighted by Crippen LogP contribution is 2.21. The molecular weight excluding hydrogens is 1150 g/mol. The van der Waals surface area contributed by atoms with Gasteiger partial charge in [-0.2, -0.15) is 0 Å². The van der Waals surface area contributed by atoms with E-state index >= 15 is 0 Å². The lowest BCUT2D eigenvalue weighted by Gasteiger charge is -2.22. The zero-order valence-electron chi connectivity index (χ0n) is 64.2. The molecule has 0 heterocycles. The van der Waals surface area contributed by atoms with Gasteiger partial charge in [0.15, 0.2) is 0 Å². The number of aliphatic hydroxyl groups is 2. The molecule has 0 aliphatic heterocycles. The lowest BCUT2D eigenvalue weighted by molar-refractivity contribution is -0.143. The van der Waals surface area contributed by atoms with Crippen molar-refractivity contribution in [3.8, 4) is 0 Å². The Hall–Kier alpha value is -1.66. The Morgan fingerprint density at radius 2 is 0.500 bits per heavy atom. The molecule has 0 aromatic carbocycles. The Bertz CT molecular complexity index is 1480. The summed E-state index contributed by atoms with van der Waals surface area (Å²) in [5.41, 5.74) is 0. The molecule has 0 bridgehead atoms. The van der Waals surface area contributed by atoms with E-state index in [0.717, 1.165) is 38.5 Å². The van der Waals surface area contributed by atoms with Gasteiger partial charge in [0, 0.05) is 12.8 Å². The molecule has 6 nitrogen and oxygen atoms in total. The molecule has 558 valence electrons. The minimum absolute atomic E-state index is 0.0233. The highest BCUT2D eigenvalue weighted by molar-refractivity contribution is 5.76.